The first-order valence-electron chi connectivity index (χ1n) is 9.15. The summed E-state index contributed by atoms with van der Waals surface area (Å²) in [5.41, 5.74) is 0.752. The Morgan fingerprint density at radius 3 is 2.85 bits per heavy atom. The average Bonchev–Trinajstić information content (AvgIpc) is 3.02. The zero-order valence-electron chi connectivity index (χ0n) is 15.7. The molecule has 0 bridgehead atoms. The van der Waals surface area contributed by atoms with Gasteiger partial charge in [0, 0.05) is 31.7 Å². The molecule has 3 atom stereocenters. The highest BCUT2D eigenvalue weighted by Crippen LogP contribution is 2.25. The number of amides is 2. The molecule has 0 radical (unpaired) electrons. The molecule has 27 heavy (non-hydrogen) atoms. The number of rotatable bonds is 4. The molecular formula is C19H28FN3O4. The molecule has 2 heterocycles. The molecule has 0 spiro atoms. The number of morpholine rings is 1. The number of fused-ring (bicyclic) bond motifs is 1. The maximum Gasteiger partial charge on any atom is 0.315 e. The third-order valence-electron chi connectivity index (χ3n) is 4.87. The van der Waals surface area contributed by atoms with Crippen LogP contribution in [0.3, 0.4) is 0 Å². The first-order valence-corrected chi connectivity index (χ1v) is 9.15. The number of carboxylic acid groups (broad SMARTS) is 1. The maximum absolute atomic E-state index is 13.1. The van der Waals surface area contributed by atoms with Crippen molar-refractivity contribution in [2.45, 2.75) is 45.0 Å². The average molecular weight is 381 g/mol. The summed E-state index contributed by atoms with van der Waals surface area (Å²) in [6.07, 6.45) is 1.19. The minimum atomic E-state index is -0.290. The summed E-state index contributed by atoms with van der Waals surface area (Å²) in [4.78, 5) is 22.9. The third kappa shape index (κ3) is 6.48. The fourth-order valence-electron chi connectivity index (χ4n) is 3.47. The minimum absolute atomic E-state index is 0.136. The SMILES string of the molecule is CC(C)[C@@H]1CN2C[C@@H](NC(=O)NCc3cccc(F)c3)C[C@H]2CO1.O=CO. The Bertz CT molecular complexity index is 629. The van der Waals surface area contributed by atoms with Crippen molar-refractivity contribution in [2.24, 2.45) is 5.92 Å². The van der Waals surface area contributed by atoms with Gasteiger partial charge in [0.05, 0.1) is 12.7 Å². The zero-order valence-corrected chi connectivity index (χ0v) is 15.7. The van der Waals surface area contributed by atoms with E-state index in [2.05, 4.69) is 29.4 Å². The number of halogens is 1. The highest BCUT2D eigenvalue weighted by atomic mass is 19.1. The van der Waals surface area contributed by atoms with Crippen molar-refractivity contribution in [1.82, 2.24) is 15.5 Å². The third-order valence-corrected chi connectivity index (χ3v) is 4.87. The highest BCUT2D eigenvalue weighted by Gasteiger charge is 2.38. The molecule has 0 aliphatic carbocycles. The summed E-state index contributed by atoms with van der Waals surface area (Å²) in [6.45, 7) is 6.97. The molecule has 7 nitrogen and oxygen atoms in total. The van der Waals surface area contributed by atoms with E-state index >= 15 is 0 Å². The fourth-order valence-corrected chi connectivity index (χ4v) is 3.47. The second-order valence-electron chi connectivity index (χ2n) is 7.22. The van der Waals surface area contributed by atoms with Crippen molar-refractivity contribution in [2.75, 3.05) is 19.7 Å². The first-order chi connectivity index (χ1) is 12.9. The van der Waals surface area contributed by atoms with Gasteiger partial charge in [-0.25, -0.2) is 9.18 Å². The van der Waals surface area contributed by atoms with Crippen molar-refractivity contribution in [3.63, 3.8) is 0 Å². The summed E-state index contributed by atoms with van der Waals surface area (Å²) in [7, 11) is 0. The van der Waals surface area contributed by atoms with E-state index in [9.17, 15) is 9.18 Å². The van der Waals surface area contributed by atoms with Gasteiger partial charge < -0.3 is 20.5 Å². The molecule has 0 unspecified atom stereocenters. The summed E-state index contributed by atoms with van der Waals surface area (Å²) >= 11 is 0. The lowest BCUT2D eigenvalue weighted by molar-refractivity contribution is -0.122. The minimum Gasteiger partial charge on any atom is -0.483 e. The van der Waals surface area contributed by atoms with E-state index in [0.29, 0.717) is 18.5 Å². The lowest BCUT2D eigenvalue weighted by Gasteiger charge is -2.36. The van der Waals surface area contributed by atoms with Crippen LogP contribution in [0.2, 0.25) is 0 Å². The summed E-state index contributed by atoms with van der Waals surface area (Å²) in [5.74, 6) is 0.217. The molecule has 1 aromatic carbocycles. The molecule has 2 saturated heterocycles. The monoisotopic (exact) mass is 381 g/mol. The Kier molecular flexibility index (Phi) is 7.99. The molecule has 2 fully saturated rings. The normalized spacial score (nSPS) is 24.5. The van der Waals surface area contributed by atoms with Crippen LogP contribution < -0.4 is 10.6 Å². The molecule has 2 aliphatic rings. The number of ether oxygens (including phenoxy) is 1. The van der Waals surface area contributed by atoms with E-state index in [1.54, 1.807) is 12.1 Å². The molecule has 3 rings (SSSR count). The van der Waals surface area contributed by atoms with Crippen molar-refractivity contribution in [3.05, 3.63) is 35.6 Å². The van der Waals surface area contributed by atoms with Gasteiger partial charge in [-0.15, -0.1) is 0 Å². The van der Waals surface area contributed by atoms with E-state index in [4.69, 9.17) is 14.6 Å². The predicted molar refractivity (Wildman–Crippen MR) is 98.8 cm³/mol. The van der Waals surface area contributed by atoms with E-state index in [-0.39, 0.29) is 30.5 Å². The van der Waals surface area contributed by atoms with Crippen LogP contribution in [-0.2, 0) is 16.1 Å². The molecule has 2 aliphatic heterocycles. The van der Waals surface area contributed by atoms with E-state index in [1.807, 2.05) is 0 Å². The number of benzene rings is 1. The van der Waals surface area contributed by atoms with Crippen LogP contribution in [-0.4, -0.2) is 60.4 Å². The molecule has 8 heteroatoms. The van der Waals surface area contributed by atoms with Gasteiger partial charge in [-0.05, 0) is 30.0 Å². The second-order valence-corrected chi connectivity index (χ2v) is 7.22. The number of hydrogen-bond donors (Lipinski definition) is 3. The van der Waals surface area contributed by atoms with Gasteiger partial charge in [-0.2, -0.15) is 0 Å². The Morgan fingerprint density at radius 2 is 2.19 bits per heavy atom. The van der Waals surface area contributed by atoms with Gasteiger partial charge in [0.2, 0.25) is 0 Å². The molecule has 150 valence electrons. The standard InChI is InChI=1S/C18H26FN3O2.CH2O2/c1-12(2)17-10-22-9-15(7-16(22)11-24-17)21-18(23)20-8-13-4-3-5-14(19)6-13;2-1-3/h3-6,12,15-17H,7-11H2,1-2H3,(H2,20,21,23);1H,(H,2,3)/t15-,16-,17-;/m0./s1. The van der Waals surface area contributed by atoms with Gasteiger partial charge >= 0.3 is 6.03 Å². The molecular weight excluding hydrogens is 353 g/mol. The van der Waals surface area contributed by atoms with Gasteiger partial charge in [-0.3, -0.25) is 9.69 Å². The van der Waals surface area contributed by atoms with Crippen LogP contribution >= 0.6 is 0 Å². The van der Waals surface area contributed by atoms with E-state index in [0.717, 1.165) is 31.7 Å². The summed E-state index contributed by atoms with van der Waals surface area (Å²) < 4.78 is 19.0. The Morgan fingerprint density at radius 1 is 1.44 bits per heavy atom. The first kappa shape index (κ1) is 21.1. The molecule has 2 amide bonds. The number of urea groups is 1. The summed E-state index contributed by atoms with van der Waals surface area (Å²) in [6, 6.07) is 6.59. The maximum atomic E-state index is 13.1. The molecule has 0 saturated carbocycles. The van der Waals surface area contributed by atoms with Crippen LogP contribution in [0.4, 0.5) is 9.18 Å². The largest absolute Gasteiger partial charge is 0.483 e. The van der Waals surface area contributed by atoms with Crippen molar-refractivity contribution in [1.29, 1.82) is 0 Å². The smallest absolute Gasteiger partial charge is 0.315 e. The molecule has 3 N–H and O–H groups in total. The number of nitrogens with zero attached hydrogens (tertiary/aromatic N) is 1. The number of nitrogens with one attached hydrogen (secondary N) is 2. The van der Waals surface area contributed by atoms with Crippen molar-refractivity contribution < 1.29 is 23.8 Å². The lowest BCUT2D eigenvalue weighted by atomic mass is 10.0. The quantitative estimate of drug-likeness (QED) is 0.692. The number of carbonyl (C=O) groups is 2. The van der Waals surface area contributed by atoms with Gasteiger partial charge in [-0.1, -0.05) is 26.0 Å². The molecule has 0 aromatic heterocycles. The lowest BCUT2D eigenvalue weighted by Crippen LogP contribution is -2.48. The van der Waals surface area contributed by atoms with Gasteiger partial charge in [0.1, 0.15) is 5.82 Å². The fraction of sp³-hybridized carbons (Fsp3) is 0.579. The van der Waals surface area contributed by atoms with Crippen molar-refractivity contribution >= 4 is 12.5 Å². The van der Waals surface area contributed by atoms with Crippen LogP contribution in [0.1, 0.15) is 25.8 Å². The topological polar surface area (TPSA) is 90.9 Å². The van der Waals surface area contributed by atoms with Crippen LogP contribution in [0, 0.1) is 11.7 Å². The zero-order chi connectivity index (χ0) is 19.8. The molecule has 1 aromatic rings. The van der Waals surface area contributed by atoms with E-state index < -0.39 is 0 Å². The Balaban J connectivity index is 0.000000817. The van der Waals surface area contributed by atoms with Crippen LogP contribution in [0.15, 0.2) is 24.3 Å². The van der Waals surface area contributed by atoms with E-state index in [1.165, 1.54) is 12.1 Å². The highest BCUT2D eigenvalue weighted by molar-refractivity contribution is 5.74. The number of hydrogen-bond acceptors (Lipinski definition) is 4. The number of carbonyl (C=O) groups excluding carboxylic acids is 1. The van der Waals surface area contributed by atoms with Gasteiger partial charge in [0.25, 0.3) is 6.47 Å². The van der Waals surface area contributed by atoms with Crippen LogP contribution in [0.5, 0.6) is 0 Å². The van der Waals surface area contributed by atoms with Crippen LogP contribution in [0.25, 0.3) is 0 Å². The van der Waals surface area contributed by atoms with Gasteiger partial charge in [0.15, 0.2) is 0 Å². The summed E-state index contributed by atoms with van der Waals surface area (Å²) in [5, 5.41) is 12.7. The van der Waals surface area contributed by atoms with Crippen molar-refractivity contribution in [3.8, 4) is 0 Å². The Hall–Kier alpha value is -2.19. The second kappa shape index (κ2) is 10.2. The Labute approximate surface area is 158 Å². The predicted octanol–water partition coefficient (Wildman–Crippen LogP) is 1.82.